The van der Waals surface area contributed by atoms with Gasteiger partial charge in [-0.2, -0.15) is 0 Å². The van der Waals surface area contributed by atoms with E-state index < -0.39 is 0 Å². The molecule has 1 N–H and O–H groups in total. The first kappa shape index (κ1) is 19.6. The molecule has 0 spiro atoms. The monoisotopic (exact) mass is 401 g/mol. The number of methoxy groups -OCH3 is 3. The van der Waals surface area contributed by atoms with E-state index in [1.807, 2.05) is 24.3 Å². The zero-order valence-corrected chi connectivity index (χ0v) is 16.4. The number of benzene rings is 2. The van der Waals surface area contributed by atoms with Gasteiger partial charge in [-0.15, -0.1) is 10.2 Å². The first-order chi connectivity index (χ1) is 13.6. The first-order valence-corrected chi connectivity index (χ1v) is 9.23. The summed E-state index contributed by atoms with van der Waals surface area (Å²) in [4.78, 5) is 12.2. The van der Waals surface area contributed by atoms with Gasteiger partial charge >= 0.3 is 0 Å². The van der Waals surface area contributed by atoms with Crippen LogP contribution in [0, 0.1) is 0 Å². The van der Waals surface area contributed by atoms with Crippen molar-refractivity contribution < 1.29 is 23.4 Å². The molecule has 9 heteroatoms. The highest BCUT2D eigenvalue weighted by molar-refractivity contribution is 7.99. The molecule has 8 nitrogen and oxygen atoms in total. The number of hydrogen-bond acceptors (Lipinski definition) is 8. The molecule has 1 amide bonds. The quantitative estimate of drug-likeness (QED) is 0.573. The van der Waals surface area contributed by atoms with E-state index >= 15 is 0 Å². The van der Waals surface area contributed by atoms with Crippen LogP contribution in [0.4, 0.5) is 5.69 Å². The van der Waals surface area contributed by atoms with Gasteiger partial charge < -0.3 is 23.9 Å². The number of amides is 1. The second kappa shape index (κ2) is 9.14. The van der Waals surface area contributed by atoms with E-state index in [1.165, 1.54) is 0 Å². The number of aromatic nitrogens is 2. The summed E-state index contributed by atoms with van der Waals surface area (Å²) in [6.45, 7) is 0. The lowest BCUT2D eigenvalue weighted by atomic mass is 10.2. The highest BCUT2D eigenvalue weighted by Gasteiger charge is 2.12. The largest absolute Gasteiger partial charge is 0.497 e. The van der Waals surface area contributed by atoms with Crippen molar-refractivity contribution in [3.05, 3.63) is 42.5 Å². The van der Waals surface area contributed by atoms with E-state index in [0.717, 1.165) is 23.1 Å². The third kappa shape index (κ3) is 4.95. The third-order valence-corrected chi connectivity index (χ3v) is 4.52. The van der Waals surface area contributed by atoms with E-state index in [-0.39, 0.29) is 11.7 Å². The smallest absolute Gasteiger partial charge is 0.277 e. The van der Waals surface area contributed by atoms with Crippen molar-refractivity contribution in [2.45, 2.75) is 5.22 Å². The molecule has 1 aromatic heterocycles. The molecule has 0 fully saturated rings. The normalized spacial score (nSPS) is 10.4. The Morgan fingerprint density at radius 3 is 2.21 bits per heavy atom. The van der Waals surface area contributed by atoms with Gasteiger partial charge in [0.15, 0.2) is 0 Å². The van der Waals surface area contributed by atoms with Gasteiger partial charge in [0.2, 0.25) is 11.8 Å². The molecule has 2 aromatic carbocycles. The van der Waals surface area contributed by atoms with Crippen LogP contribution in [0.3, 0.4) is 0 Å². The number of anilines is 1. The molecule has 146 valence electrons. The number of carbonyl (C=O) groups excluding carboxylic acids is 1. The standard InChI is InChI=1S/C19H19N3O5S/c1-24-14-6-4-12(5-7-14)18-21-22-19(27-18)28-11-17(23)20-13-8-15(25-2)10-16(9-13)26-3/h4-10H,11H2,1-3H3,(H,20,23). The Hall–Kier alpha value is -3.20. The molecule has 0 unspecified atom stereocenters. The fourth-order valence-corrected chi connectivity index (χ4v) is 2.89. The van der Waals surface area contributed by atoms with Crippen molar-refractivity contribution in [3.8, 4) is 28.7 Å². The van der Waals surface area contributed by atoms with Crippen LogP contribution in [0.5, 0.6) is 17.2 Å². The predicted octanol–water partition coefficient (Wildman–Crippen LogP) is 3.49. The number of thioether (sulfide) groups is 1. The average molecular weight is 401 g/mol. The third-order valence-electron chi connectivity index (χ3n) is 3.71. The van der Waals surface area contributed by atoms with Crippen LogP contribution < -0.4 is 19.5 Å². The summed E-state index contributed by atoms with van der Waals surface area (Å²) in [5.41, 5.74) is 1.35. The Kier molecular flexibility index (Phi) is 6.38. The van der Waals surface area contributed by atoms with Crippen molar-refractivity contribution in [2.75, 3.05) is 32.4 Å². The molecule has 0 bridgehead atoms. The van der Waals surface area contributed by atoms with Gasteiger partial charge in [0, 0.05) is 29.4 Å². The van der Waals surface area contributed by atoms with Crippen LogP contribution >= 0.6 is 11.8 Å². The minimum Gasteiger partial charge on any atom is -0.497 e. The van der Waals surface area contributed by atoms with Crippen molar-refractivity contribution in [1.29, 1.82) is 0 Å². The number of ether oxygens (including phenoxy) is 3. The van der Waals surface area contributed by atoms with Gasteiger partial charge in [-0.1, -0.05) is 11.8 Å². The summed E-state index contributed by atoms with van der Waals surface area (Å²) in [5.74, 6) is 2.19. The molecule has 0 aliphatic carbocycles. The zero-order valence-electron chi connectivity index (χ0n) is 15.6. The van der Waals surface area contributed by atoms with Crippen LogP contribution in [-0.2, 0) is 4.79 Å². The van der Waals surface area contributed by atoms with Crippen LogP contribution in [0.1, 0.15) is 0 Å². The Balaban J connectivity index is 1.58. The molecule has 0 radical (unpaired) electrons. The Morgan fingerprint density at radius 1 is 0.964 bits per heavy atom. The van der Waals surface area contributed by atoms with Crippen LogP contribution in [0.15, 0.2) is 52.1 Å². The molecule has 0 aliphatic rings. The zero-order chi connectivity index (χ0) is 19.9. The number of nitrogens with one attached hydrogen (secondary N) is 1. The van der Waals surface area contributed by atoms with Crippen LogP contribution in [0.2, 0.25) is 0 Å². The average Bonchev–Trinajstić information content (AvgIpc) is 3.21. The minimum atomic E-state index is -0.218. The number of carbonyl (C=O) groups is 1. The summed E-state index contributed by atoms with van der Waals surface area (Å²) >= 11 is 1.15. The van der Waals surface area contributed by atoms with Crippen molar-refractivity contribution in [1.82, 2.24) is 10.2 Å². The van der Waals surface area contributed by atoms with Crippen LogP contribution in [0.25, 0.3) is 11.5 Å². The Morgan fingerprint density at radius 2 is 1.61 bits per heavy atom. The summed E-state index contributed by atoms with van der Waals surface area (Å²) in [7, 11) is 4.70. The molecular formula is C19H19N3O5S. The van der Waals surface area contributed by atoms with E-state index in [4.69, 9.17) is 18.6 Å². The first-order valence-electron chi connectivity index (χ1n) is 8.25. The summed E-state index contributed by atoms with van der Waals surface area (Å²) < 4.78 is 21.1. The minimum absolute atomic E-state index is 0.115. The highest BCUT2D eigenvalue weighted by atomic mass is 32.2. The van der Waals surface area contributed by atoms with Crippen molar-refractivity contribution in [3.63, 3.8) is 0 Å². The molecule has 0 saturated carbocycles. The SMILES string of the molecule is COc1ccc(-c2nnc(SCC(=O)Nc3cc(OC)cc(OC)c3)o2)cc1. The van der Waals surface area contributed by atoms with Gasteiger partial charge in [-0.3, -0.25) is 4.79 Å². The van der Waals surface area contributed by atoms with Gasteiger partial charge in [-0.05, 0) is 24.3 Å². The summed E-state index contributed by atoms with van der Waals surface area (Å²) in [6.07, 6.45) is 0. The molecule has 0 saturated heterocycles. The second-order valence-electron chi connectivity index (χ2n) is 5.54. The van der Waals surface area contributed by atoms with E-state index in [9.17, 15) is 4.79 Å². The summed E-state index contributed by atoms with van der Waals surface area (Å²) in [6, 6.07) is 12.4. The molecule has 28 heavy (non-hydrogen) atoms. The highest BCUT2D eigenvalue weighted by Crippen LogP contribution is 2.27. The molecule has 3 aromatic rings. The Labute approximate surface area is 166 Å². The fraction of sp³-hybridized carbons (Fsp3) is 0.211. The van der Waals surface area contributed by atoms with Gasteiger partial charge in [0.25, 0.3) is 5.22 Å². The van der Waals surface area contributed by atoms with Gasteiger partial charge in [-0.25, -0.2) is 0 Å². The lowest BCUT2D eigenvalue weighted by molar-refractivity contribution is -0.113. The maximum absolute atomic E-state index is 12.2. The van der Waals surface area contributed by atoms with Crippen LogP contribution in [-0.4, -0.2) is 43.2 Å². The molecule has 0 aliphatic heterocycles. The lowest BCUT2D eigenvalue weighted by Crippen LogP contribution is -2.14. The maximum atomic E-state index is 12.2. The Bertz CT molecular complexity index is 921. The fourth-order valence-electron chi connectivity index (χ4n) is 2.32. The second-order valence-corrected chi connectivity index (χ2v) is 6.47. The molecular weight excluding hydrogens is 382 g/mol. The number of hydrogen-bond donors (Lipinski definition) is 1. The van der Waals surface area contributed by atoms with Gasteiger partial charge in [0.05, 0.1) is 27.1 Å². The maximum Gasteiger partial charge on any atom is 0.277 e. The topological polar surface area (TPSA) is 95.7 Å². The summed E-state index contributed by atoms with van der Waals surface area (Å²) in [5, 5.41) is 11.1. The number of rotatable bonds is 8. The number of nitrogens with zero attached hydrogens (tertiary/aromatic N) is 2. The molecule has 1 heterocycles. The molecule has 3 rings (SSSR count). The van der Waals surface area contributed by atoms with Crippen molar-refractivity contribution >= 4 is 23.4 Å². The lowest BCUT2D eigenvalue weighted by Gasteiger charge is -2.09. The van der Waals surface area contributed by atoms with E-state index in [0.29, 0.717) is 28.3 Å². The van der Waals surface area contributed by atoms with E-state index in [1.54, 1.807) is 39.5 Å². The molecule has 0 atom stereocenters. The van der Waals surface area contributed by atoms with Gasteiger partial charge in [0.1, 0.15) is 17.2 Å². The predicted molar refractivity (Wildman–Crippen MR) is 105 cm³/mol. The van der Waals surface area contributed by atoms with E-state index in [2.05, 4.69) is 15.5 Å². The van der Waals surface area contributed by atoms with Crippen molar-refractivity contribution in [2.24, 2.45) is 0 Å².